The topological polar surface area (TPSA) is 116 Å². The van der Waals surface area contributed by atoms with E-state index < -0.39 is 18.1 Å². The summed E-state index contributed by atoms with van der Waals surface area (Å²) in [6.07, 6.45) is 1.31. The molecule has 0 unspecified atom stereocenters. The SMILES string of the molecule is CC[C@H](C)[C@H](N)C(=O)O.Cl.N[C@@H](Cc1ccccc1)C(=O)OCc1ccccc1. The van der Waals surface area contributed by atoms with Gasteiger partial charge >= 0.3 is 11.9 Å². The average Bonchev–Trinajstić information content (AvgIpc) is 2.72. The van der Waals surface area contributed by atoms with Crippen molar-refractivity contribution in [2.75, 3.05) is 0 Å². The van der Waals surface area contributed by atoms with E-state index in [4.69, 9.17) is 21.3 Å². The fraction of sp³-hybridized carbons (Fsp3) is 0.364. The fourth-order valence-electron chi connectivity index (χ4n) is 2.28. The minimum absolute atomic E-state index is 0. The third kappa shape index (κ3) is 10.6. The Kier molecular flexibility index (Phi) is 13.4. The Labute approximate surface area is 178 Å². The Bertz CT molecular complexity index is 713. The molecule has 2 rings (SSSR count). The quantitative estimate of drug-likeness (QED) is 0.562. The standard InChI is InChI=1S/C16H17NO2.C6H13NO2.ClH/c17-15(11-13-7-3-1-4-8-13)16(18)19-12-14-9-5-2-6-10-14;1-3-4(2)5(7)6(8)9;/h1-10,15H,11-12,17H2;4-5H,3,7H2,1-2H3,(H,8,9);1H/t15-;4-,5-;/m00./s1. The molecule has 7 heteroatoms. The summed E-state index contributed by atoms with van der Waals surface area (Å²) in [5.41, 5.74) is 13.1. The summed E-state index contributed by atoms with van der Waals surface area (Å²) >= 11 is 0. The highest BCUT2D eigenvalue weighted by Crippen LogP contribution is 2.06. The highest BCUT2D eigenvalue weighted by molar-refractivity contribution is 5.85. The van der Waals surface area contributed by atoms with E-state index in [0.29, 0.717) is 6.42 Å². The van der Waals surface area contributed by atoms with Crippen molar-refractivity contribution in [2.24, 2.45) is 17.4 Å². The van der Waals surface area contributed by atoms with Gasteiger partial charge in [0.15, 0.2) is 0 Å². The molecule has 0 bridgehead atoms. The van der Waals surface area contributed by atoms with E-state index >= 15 is 0 Å². The van der Waals surface area contributed by atoms with Crippen LogP contribution in [0.15, 0.2) is 60.7 Å². The van der Waals surface area contributed by atoms with Crippen LogP contribution in [0, 0.1) is 5.92 Å². The molecule has 0 saturated heterocycles. The van der Waals surface area contributed by atoms with Crippen LogP contribution in [0.5, 0.6) is 0 Å². The van der Waals surface area contributed by atoms with E-state index in [2.05, 4.69) is 0 Å². The smallest absolute Gasteiger partial charge is 0.323 e. The molecule has 0 saturated carbocycles. The minimum Gasteiger partial charge on any atom is -0.480 e. The monoisotopic (exact) mass is 422 g/mol. The van der Waals surface area contributed by atoms with Gasteiger partial charge in [0, 0.05) is 0 Å². The summed E-state index contributed by atoms with van der Waals surface area (Å²) in [7, 11) is 0. The minimum atomic E-state index is -0.913. The van der Waals surface area contributed by atoms with Crippen molar-refractivity contribution in [3.63, 3.8) is 0 Å². The number of nitrogens with two attached hydrogens (primary N) is 2. The van der Waals surface area contributed by atoms with E-state index in [0.717, 1.165) is 17.5 Å². The van der Waals surface area contributed by atoms with Crippen LogP contribution in [0.25, 0.3) is 0 Å². The number of esters is 1. The Balaban J connectivity index is 0.000000672. The summed E-state index contributed by atoms with van der Waals surface area (Å²) in [6.45, 7) is 4.02. The predicted molar refractivity (Wildman–Crippen MR) is 117 cm³/mol. The summed E-state index contributed by atoms with van der Waals surface area (Å²) in [5, 5.41) is 8.36. The van der Waals surface area contributed by atoms with Crippen molar-refractivity contribution >= 4 is 24.3 Å². The predicted octanol–water partition coefficient (Wildman–Crippen LogP) is 3.17. The number of aliphatic carboxylic acids is 1. The Morgan fingerprint density at radius 1 is 0.966 bits per heavy atom. The maximum absolute atomic E-state index is 11.8. The van der Waals surface area contributed by atoms with Crippen molar-refractivity contribution in [1.29, 1.82) is 0 Å². The van der Waals surface area contributed by atoms with Crippen LogP contribution in [-0.4, -0.2) is 29.1 Å². The van der Waals surface area contributed by atoms with E-state index in [-0.39, 0.29) is 30.9 Å². The van der Waals surface area contributed by atoms with Crippen molar-refractivity contribution in [1.82, 2.24) is 0 Å². The summed E-state index contributed by atoms with van der Waals surface area (Å²) < 4.78 is 5.20. The Morgan fingerprint density at radius 3 is 1.86 bits per heavy atom. The largest absolute Gasteiger partial charge is 0.480 e. The van der Waals surface area contributed by atoms with Gasteiger partial charge in [0.2, 0.25) is 0 Å². The molecular formula is C22H31ClN2O4. The first-order chi connectivity index (χ1) is 13.3. The number of halogens is 1. The van der Waals surface area contributed by atoms with Crippen LogP contribution in [0.4, 0.5) is 0 Å². The molecule has 5 N–H and O–H groups in total. The molecule has 29 heavy (non-hydrogen) atoms. The summed E-state index contributed by atoms with van der Waals surface area (Å²) in [6, 6.07) is 17.9. The maximum Gasteiger partial charge on any atom is 0.323 e. The van der Waals surface area contributed by atoms with Crippen LogP contribution >= 0.6 is 12.4 Å². The highest BCUT2D eigenvalue weighted by atomic mass is 35.5. The molecule has 2 aromatic carbocycles. The molecule has 2 aromatic rings. The number of carboxylic acid groups (broad SMARTS) is 1. The zero-order valence-electron chi connectivity index (χ0n) is 16.9. The number of carbonyl (C=O) groups excluding carboxylic acids is 1. The molecule has 6 nitrogen and oxygen atoms in total. The van der Waals surface area contributed by atoms with Crippen LogP contribution in [0.2, 0.25) is 0 Å². The van der Waals surface area contributed by atoms with Gasteiger partial charge in [-0.05, 0) is 23.5 Å². The number of hydrogen-bond donors (Lipinski definition) is 3. The molecule has 0 heterocycles. The van der Waals surface area contributed by atoms with Crippen molar-refractivity contribution < 1.29 is 19.4 Å². The Morgan fingerprint density at radius 2 is 1.45 bits per heavy atom. The first-order valence-electron chi connectivity index (χ1n) is 9.33. The van der Waals surface area contributed by atoms with Gasteiger partial charge in [0.25, 0.3) is 0 Å². The lowest BCUT2D eigenvalue weighted by atomic mass is 10.0. The molecule has 0 radical (unpaired) electrons. The molecule has 3 atom stereocenters. The summed E-state index contributed by atoms with van der Waals surface area (Å²) in [5.74, 6) is -1.21. The molecule has 0 aliphatic heterocycles. The normalized spacial score (nSPS) is 13.0. The van der Waals surface area contributed by atoms with E-state index in [1.807, 2.05) is 74.5 Å². The zero-order chi connectivity index (χ0) is 20.9. The second-order valence-corrected chi connectivity index (χ2v) is 6.64. The molecule has 0 aromatic heterocycles. The number of hydrogen-bond acceptors (Lipinski definition) is 5. The number of carboxylic acids is 1. The van der Waals surface area contributed by atoms with Gasteiger partial charge in [-0.2, -0.15) is 0 Å². The van der Waals surface area contributed by atoms with Crippen LogP contribution in [0.1, 0.15) is 31.4 Å². The molecule has 0 spiro atoms. The first kappa shape index (κ1) is 26.6. The molecule has 0 fully saturated rings. The van der Waals surface area contributed by atoms with Crippen LogP contribution in [-0.2, 0) is 27.4 Å². The van der Waals surface area contributed by atoms with Crippen LogP contribution in [0.3, 0.4) is 0 Å². The Hall–Kier alpha value is -2.41. The second-order valence-electron chi connectivity index (χ2n) is 6.64. The van der Waals surface area contributed by atoms with Gasteiger partial charge in [-0.25, -0.2) is 0 Å². The maximum atomic E-state index is 11.8. The molecular weight excluding hydrogens is 392 g/mol. The number of carbonyl (C=O) groups is 2. The van der Waals surface area contributed by atoms with E-state index in [1.54, 1.807) is 0 Å². The molecule has 0 amide bonds. The van der Waals surface area contributed by atoms with E-state index in [1.165, 1.54) is 0 Å². The number of ether oxygens (including phenoxy) is 1. The zero-order valence-corrected chi connectivity index (χ0v) is 17.7. The highest BCUT2D eigenvalue weighted by Gasteiger charge is 2.17. The lowest BCUT2D eigenvalue weighted by molar-refractivity contribution is -0.146. The van der Waals surface area contributed by atoms with Gasteiger partial charge in [-0.1, -0.05) is 80.9 Å². The number of benzene rings is 2. The third-order valence-electron chi connectivity index (χ3n) is 4.37. The van der Waals surface area contributed by atoms with Gasteiger partial charge in [-0.15, -0.1) is 12.4 Å². The lowest BCUT2D eigenvalue weighted by Gasteiger charge is -2.11. The average molecular weight is 423 g/mol. The third-order valence-corrected chi connectivity index (χ3v) is 4.37. The van der Waals surface area contributed by atoms with Gasteiger partial charge in [0.05, 0.1) is 0 Å². The number of rotatable bonds is 8. The fourth-order valence-corrected chi connectivity index (χ4v) is 2.28. The van der Waals surface area contributed by atoms with Gasteiger partial charge in [-0.3, -0.25) is 9.59 Å². The van der Waals surface area contributed by atoms with Gasteiger partial charge < -0.3 is 21.3 Å². The second kappa shape index (κ2) is 14.6. The van der Waals surface area contributed by atoms with Gasteiger partial charge in [0.1, 0.15) is 18.7 Å². The van der Waals surface area contributed by atoms with Crippen molar-refractivity contribution in [3.8, 4) is 0 Å². The molecule has 160 valence electrons. The first-order valence-corrected chi connectivity index (χ1v) is 9.33. The lowest BCUT2D eigenvalue weighted by Crippen LogP contribution is -2.36. The van der Waals surface area contributed by atoms with E-state index in [9.17, 15) is 9.59 Å². The summed E-state index contributed by atoms with van der Waals surface area (Å²) in [4.78, 5) is 21.9. The van der Waals surface area contributed by atoms with Crippen LogP contribution < -0.4 is 11.5 Å². The molecule has 0 aliphatic rings. The van der Waals surface area contributed by atoms with Crippen molar-refractivity contribution in [2.45, 2.75) is 45.4 Å². The molecule has 0 aliphatic carbocycles. The van der Waals surface area contributed by atoms with Crippen molar-refractivity contribution in [3.05, 3.63) is 71.8 Å².